The highest BCUT2D eigenvalue weighted by Gasteiger charge is 2.49. The number of imidazole rings is 1. The van der Waals surface area contributed by atoms with Crippen molar-refractivity contribution < 1.29 is 14.3 Å². The second-order valence-electron chi connectivity index (χ2n) is 7.88. The molecule has 0 fully saturated rings. The third-order valence-corrected chi connectivity index (χ3v) is 6.06. The lowest BCUT2D eigenvalue weighted by Gasteiger charge is -2.41. The van der Waals surface area contributed by atoms with Crippen molar-refractivity contribution in [3.8, 4) is 0 Å². The molecule has 2 aliphatic rings. The highest BCUT2D eigenvalue weighted by Crippen LogP contribution is 2.44. The number of anilines is 1. The van der Waals surface area contributed by atoms with Gasteiger partial charge in [-0.05, 0) is 50.7 Å². The van der Waals surface area contributed by atoms with Crippen molar-refractivity contribution >= 4 is 28.9 Å². The number of carbonyl (C=O) groups excluding carboxylic acids is 2. The first-order chi connectivity index (χ1) is 14.2. The van der Waals surface area contributed by atoms with Gasteiger partial charge in [-0.2, -0.15) is 0 Å². The zero-order valence-corrected chi connectivity index (χ0v) is 17.2. The Labute approximate surface area is 171 Å². The van der Waals surface area contributed by atoms with Gasteiger partial charge < -0.3 is 9.30 Å². The maximum Gasteiger partial charge on any atom is 0.320 e. The number of ether oxygens (including phenoxy) is 1. The van der Waals surface area contributed by atoms with Crippen LogP contribution in [0.15, 0.2) is 36.4 Å². The normalized spacial score (nSPS) is 24.0. The number of hydrogen-bond acceptors (Lipinski definition) is 4. The summed E-state index contributed by atoms with van der Waals surface area (Å²) in [6, 6.07) is 7.68. The maximum absolute atomic E-state index is 13.6. The Balaban J connectivity index is 1.90. The van der Waals surface area contributed by atoms with Crippen LogP contribution in [-0.2, 0) is 14.3 Å². The van der Waals surface area contributed by atoms with E-state index in [4.69, 9.17) is 9.72 Å². The van der Waals surface area contributed by atoms with E-state index in [1.807, 2.05) is 24.3 Å². The maximum atomic E-state index is 13.6. The molecule has 154 valence electrons. The average Bonchev–Trinajstić information content (AvgIpc) is 3.12. The molecule has 2 heterocycles. The molecular formula is C23H29N3O3. The van der Waals surface area contributed by atoms with Gasteiger partial charge in [0.2, 0.25) is 11.9 Å². The number of benzene rings is 1. The highest BCUT2D eigenvalue weighted by atomic mass is 16.5. The fourth-order valence-electron chi connectivity index (χ4n) is 4.69. The van der Waals surface area contributed by atoms with Gasteiger partial charge in [0.05, 0.1) is 23.7 Å². The summed E-state index contributed by atoms with van der Waals surface area (Å²) >= 11 is 0. The molecule has 0 spiro atoms. The second kappa shape index (κ2) is 8.39. The molecule has 0 unspecified atom stereocenters. The van der Waals surface area contributed by atoms with Crippen molar-refractivity contribution in [2.75, 3.05) is 18.1 Å². The number of nitrogens with zero attached hydrogens (tertiary/aromatic N) is 3. The molecule has 1 aliphatic heterocycles. The van der Waals surface area contributed by atoms with E-state index in [0.29, 0.717) is 12.5 Å². The van der Waals surface area contributed by atoms with E-state index < -0.39 is 11.9 Å². The largest absolute Gasteiger partial charge is 0.465 e. The third-order valence-electron chi connectivity index (χ3n) is 6.06. The van der Waals surface area contributed by atoms with Gasteiger partial charge in [0.25, 0.3) is 0 Å². The van der Waals surface area contributed by atoms with Gasteiger partial charge in [0.15, 0.2) is 5.92 Å². The Bertz CT molecular complexity index is 933. The zero-order chi connectivity index (χ0) is 20.4. The molecule has 0 saturated heterocycles. The lowest BCUT2D eigenvalue weighted by Crippen LogP contribution is -2.52. The van der Waals surface area contributed by atoms with Crippen LogP contribution in [0, 0.1) is 11.8 Å². The summed E-state index contributed by atoms with van der Waals surface area (Å²) in [7, 11) is 0. The summed E-state index contributed by atoms with van der Waals surface area (Å²) in [5.41, 5.74) is 1.84. The van der Waals surface area contributed by atoms with Crippen molar-refractivity contribution in [3.63, 3.8) is 0 Å². The molecule has 4 rings (SSSR count). The molecule has 1 amide bonds. The lowest BCUT2D eigenvalue weighted by molar-refractivity contribution is -0.155. The van der Waals surface area contributed by atoms with Gasteiger partial charge in [-0.1, -0.05) is 37.6 Å². The van der Waals surface area contributed by atoms with E-state index in [-0.39, 0.29) is 24.5 Å². The van der Waals surface area contributed by atoms with E-state index in [0.717, 1.165) is 43.1 Å². The van der Waals surface area contributed by atoms with Crippen LogP contribution >= 0.6 is 0 Å². The molecule has 0 bridgehead atoms. The Hall–Kier alpha value is -2.63. The molecule has 1 aromatic heterocycles. The van der Waals surface area contributed by atoms with Gasteiger partial charge in [-0.15, -0.1) is 0 Å². The number of esters is 1. The molecule has 3 atom stereocenters. The molecule has 6 nitrogen and oxygen atoms in total. The number of para-hydroxylation sites is 2. The number of amides is 1. The smallest absolute Gasteiger partial charge is 0.320 e. The standard InChI is InChI=1S/C23H29N3O3/c1-3-5-15-25-21(27)19(22(28)29-4-2)20(16-11-7-6-8-12-16)26-18-14-10-9-13-17(18)24-23(25)26/h6-7,9-10,13-14,16,19-20H,3-5,8,11-12,15H2,1-2H3/t16-,19-,20-/m1/s1. The van der Waals surface area contributed by atoms with Gasteiger partial charge in [-0.25, -0.2) is 4.98 Å². The van der Waals surface area contributed by atoms with E-state index in [1.165, 1.54) is 0 Å². The SMILES string of the molecule is CCCCN1C(=O)[C@H](C(=O)OCC)[C@@H]([C@@H]2CC=CCC2)n2c1nc1ccccc12. The van der Waals surface area contributed by atoms with E-state index in [1.54, 1.807) is 11.8 Å². The summed E-state index contributed by atoms with van der Waals surface area (Å²) in [5.74, 6) is -0.539. The van der Waals surface area contributed by atoms with Gasteiger partial charge >= 0.3 is 5.97 Å². The van der Waals surface area contributed by atoms with Crippen LogP contribution in [0.1, 0.15) is 52.0 Å². The molecule has 1 aliphatic carbocycles. The summed E-state index contributed by atoms with van der Waals surface area (Å²) < 4.78 is 7.54. The van der Waals surface area contributed by atoms with Crippen molar-refractivity contribution in [2.24, 2.45) is 11.8 Å². The van der Waals surface area contributed by atoms with E-state index >= 15 is 0 Å². The number of aromatic nitrogens is 2. The van der Waals surface area contributed by atoms with E-state index in [9.17, 15) is 9.59 Å². The van der Waals surface area contributed by atoms with Crippen molar-refractivity contribution in [1.82, 2.24) is 9.55 Å². The van der Waals surface area contributed by atoms with Crippen LogP contribution in [0.5, 0.6) is 0 Å². The second-order valence-corrected chi connectivity index (χ2v) is 7.88. The Morgan fingerprint density at radius 1 is 1.24 bits per heavy atom. The predicted octanol–water partition coefficient (Wildman–Crippen LogP) is 4.26. The van der Waals surface area contributed by atoms with Gasteiger partial charge in [0.1, 0.15) is 0 Å². The van der Waals surface area contributed by atoms with Crippen LogP contribution in [0.25, 0.3) is 11.0 Å². The van der Waals surface area contributed by atoms with Crippen LogP contribution in [-0.4, -0.2) is 34.6 Å². The Morgan fingerprint density at radius 3 is 2.79 bits per heavy atom. The number of rotatable bonds is 6. The molecule has 1 aromatic carbocycles. The number of carbonyl (C=O) groups is 2. The van der Waals surface area contributed by atoms with Crippen molar-refractivity contribution in [3.05, 3.63) is 36.4 Å². The molecule has 29 heavy (non-hydrogen) atoms. The van der Waals surface area contributed by atoms with Crippen molar-refractivity contribution in [2.45, 2.75) is 52.0 Å². The van der Waals surface area contributed by atoms with Crippen molar-refractivity contribution in [1.29, 1.82) is 0 Å². The molecule has 2 aromatic rings. The minimum absolute atomic E-state index is 0.167. The molecule has 0 N–H and O–H groups in total. The first-order valence-corrected chi connectivity index (χ1v) is 10.8. The number of allylic oxidation sites excluding steroid dienone is 2. The predicted molar refractivity (Wildman–Crippen MR) is 113 cm³/mol. The van der Waals surface area contributed by atoms with Crippen LogP contribution in [0.3, 0.4) is 0 Å². The quantitative estimate of drug-likeness (QED) is 0.416. The third kappa shape index (κ3) is 3.45. The average molecular weight is 396 g/mol. The summed E-state index contributed by atoms with van der Waals surface area (Å²) in [6.07, 6.45) is 8.95. The molecule has 0 radical (unpaired) electrons. The Morgan fingerprint density at radius 2 is 2.07 bits per heavy atom. The zero-order valence-electron chi connectivity index (χ0n) is 17.2. The summed E-state index contributed by atoms with van der Waals surface area (Å²) in [4.78, 5) is 33.2. The van der Waals surface area contributed by atoms with Crippen LogP contribution in [0.4, 0.5) is 5.95 Å². The highest BCUT2D eigenvalue weighted by molar-refractivity contribution is 6.08. The molecule has 0 saturated carbocycles. The number of unbranched alkanes of at least 4 members (excludes halogenated alkanes) is 1. The molecule has 6 heteroatoms. The van der Waals surface area contributed by atoms with Gasteiger partial charge in [-0.3, -0.25) is 14.5 Å². The minimum atomic E-state index is -0.826. The monoisotopic (exact) mass is 395 g/mol. The minimum Gasteiger partial charge on any atom is -0.465 e. The van der Waals surface area contributed by atoms with Gasteiger partial charge in [0, 0.05) is 6.54 Å². The van der Waals surface area contributed by atoms with Crippen LogP contribution in [0.2, 0.25) is 0 Å². The molecular weight excluding hydrogens is 366 g/mol. The first kappa shape index (κ1) is 19.7. The first-order valence-electron chi connectivity index (χ1n) is 10.8. The summed E-state index contributed by atoms with van der Waals surface area (Å²) in [5, 5.41) is 0. The van der Waals surface area contributed by atoms with Crippen LogP contribution < -0.4 is 4.90 Å². The van der Waals surface area contributed by atoms with E-state index in [2.05, 4.69) is 23.6 Å². The lowest BCUT2D eigenvalue weighted by atomic mass is 9.79. The fraction of sp³-hybridized carbons (Fsp3) is 0.522. The fourth-order valence-corrected chi connectivity index (χ4v) is 4.69. The number of hydrogen-bond donors (Lipinski definition) is 0. The Kier molecular flexibility index (Phi) is 5.69. The topological polar surface area (TPSA) is 64.4 Å². The number of fused-ring (bicyclic) bond motifs is 3. The summed E-state index contributed by atoms with van der Waals surface area (Å²) in [6.45, 7) is 4.71.